The number of nitro groups is 1. The van der Waals surface area contributed by atoms with Crippen molar-refractivity contribution in [3.63, 3.8) is 0 Å². The molecule has 1 aromatic rings. The average Bonchev–Trinajstić information content (AvgIpc) is 2.28. The summed E-state index contributed by atoms with van der Waals surface area (Å²) in [6, 6.07) is 4.35. The molecular weight excluding hydrogens is 234 g/mol. The van der Waals surface area contributed by atoms with Crippen LogP contribution in [0.15, 0.2) is 24.3 Å². The standard InChI is InChI=1S/C8H9N3O6/c9-10-7(12)8(13,14)17-6-3-1-5(2-4-6)11(15)16/h1-4,13-14H,9H2,(H,10,12). The fourth-order valence-electron chi connectivity index (χ4n) is 0.941. The zero-order chi connectivity index (χ0) is 13.1. The molecule has 1 aromatic carbocycles. The summed E-state index contributed by atoms with van der Waals surface area (Å²) >= 11 is 0. The Kier molecular flexibility index (Phi) is 3.58. The number of rotatable bonds is 4. The lowest BCUT2D eigenvalue weighted by molar-refractivity contribution is -0.384. The summed E-state index contributed by atoms with van der Waals surface area (Å²) in [5.74, 6) is 0.0111. The first-order chi connectivity index (χ1) is 7.86. The van der Waals surface area contributed by atoms with Crippen LogP contribution in [-0.4, -0.2) is 27.0 Å². The van der Waals surface area contributed by atoms with Gasteiger partial charge in [0.25, 0.3) is 5.69 Å². The van der Waals surface area contributed by atoms with Crippen molar-refractivity contribution in [3.8, 4) is 5.75 Å². The van der Waals surface area contributed by atoms with Crippen LogP contribution in [0.5, 0.6) is 5.75 Å². The number of hydrogen-bond donors (Lipinski definition) is 4. The van der Waals surface area contributed by atoms with E-state index in [-0.39, 0.29) is 11.4 Å². The number of non-ortho nitro benzene ring substituents is 1. The molecule has 0 heterocycles. The number of nitro benzene ring substituents is 1. The summed E-state index contributed by atoms with van der Waals surface area (Å²) in [6.07, 6.45) is 0. The molecule has 0 fully saturated rings. The van der Waals surface area contributed by atoms with Crippen molar-refractivity contribution in [3.05, 3.63) is 34.4 Å². The van der Waals surface area contributed by atoms with Crippen LogP contribution in [0.2, 0.25) is 0 Å². The highest BCUT2D eigenvalue weighted by molar-refractivity contribution is 5.81. The second kappa shape index (κ2) is 4.74. The van der Waals surface area contributed by atoms with Crippen molar-refractivity contribution in [2.45, 2.75) is 5.97 Å². The number of nitrogens with two attached hydrogens (primary N) is 1. The predicted molar refractivity (Wildman–Crippen MR) is 53.2 cm³/mol. The molecule has 0 spiro atoms. The third kappa shape index (κ3) is 3.11. The molecule has 1 rings (SSSR count). The van der Waals surface area contributed by atoms with Gasteiger partial charge in [0.2, 0.25) is 0 Å². The topological polar surface area (TPSA) is 148 Å². The maximum Gasteiger partial charge on any atom is 0.408 e. The van der Waals surface area contributed by atoms with E-state index in [1.807, 2.05) is 0 Å². The normalized spacial score (nSPS) is 10.8. The van der Waals surface area contributed by atoms with Gasteiger partial charge in [-0.3, -0.25) is 20.3 Å². The van der Waals surface area contributed by atoms with Gasteiger partial charge < -0.3 is 14.9 Å². The number of carbonyl (C=O) groups is 1. The van der Waals surface area contributed by atoms with E-state index >= 15 is 0 Å². The minimum Gasteiger partial charge on any atom is -0.432 e. The Labute approximate surface area is 94.5 Å². The van der Waals surface area contributed by atoms with Crippen LogP contribution in [-0.2, 0) is 4.79 Å². The Balaban J connectivity index is 2.82. The van der Waals surface area contributed by atoms with E-state index in [4.69, 9.17) is 10.2 Å². The van der Waals surface area contributed by atoms with Gasteiger partial charge in [-0.15, -0.1) is 0 Å². The first-order valence-electron chi connectivity index (χ1n) is 4.26. The molecule has 0 aliphatic heterocycles. The van der Waals surface area contributed by atoms with E-state index in [0.29, 0.717) is 0 Å². The summed E-state index contributed by atoms with van der Waals surface area (Å²) in [7, 11) is 0. The highest BCUT2D eigenvalue weighted by Crippen LogP contribution is 2.20. The maximum atomic E-state index is 10.8. The van der Waals surface area contributed by atoms with Crippen LogP contribution in [0.25, 0.3) is 0 Å². The number of ether oxygens (including phenoxy) is 1. The third-order valence-corrected chi connectivity index (χ3v) is 1.73. The van der Waals surface area contributed by atoms with Crippen molar-refractivity contribution in [2.24, 2.45) is 5.84 Å². The summed E-state index contributed by atoms with van der Waals surface area (Å²) < 4.78 is 4.49. The van der Waals surface area contributed by atoms with E-state index < -0.39 is 16.8 Å². The molecule has 9 heteroatoms. The van der Waals surface area contributed by atoms with Gasteiger partial charge in [-0.2, -0.15) is 0 Å². The van der Waals surface area contributed by atoms with Crippen molar-refractivity contribution < 1.29 is 24.7 Å². The van der Waals surface area contributed by atoms with Crippen LogP contribution >= 0.6 is 0 Å². The summed E-state index contributed by atoms with van der Waals surface area (Å²) in [5.41, 5.74) is 1.28. The SMILES string of the molecule is NNC(=O)C(O)(O)Oc1ccc([N+](=O)[O-])cc1. The second-order valence-corrected chi connectivity index (χ2v) is 2.93. The monoisotopic (exact) mass is 243 g/mol. The van der Waals surface area contributed by atoms with Gasteiger partial charge in [0, 0.05) is 12.1 Å². The van der Waals surface area contributed by atoms with E-state index in [2.05, 4.69) is 10.6 Å². The predicted octanol–water partition coefficient (Wildman–Crippen LogP) is -1.40. The van der Waals surface area contributed by atoms with Crippen LogP contribution in [0.3, 0.4) is 0 Å². The number of aliphatic hydroxyl groups is 2. The minimum absolute atomic E-state index is 0.149. The van der Waals surface area contributed by atoms with E-state index in [1.54, 1.807) is 0 Å². The quantitative estimate of drug-likeness (QED) is 0.167. The fraction of sp³-hybridized carbons (Fsp3) is 0.125. The number of hydrogen-bond acceptors (Lipinski definition) is 7. The Morgan fingerprint density at radius 1 is 1.41 bits per heavy atom. The first kappa shape index (κ1) is 12.8. The van der Waals surface area contributed by atoms with Gasteiger partial charge in [0.1, 0.15) is 5.75 Å². The minimum atomic E-state index is -3.15. The Morgan fingerprint density at radius 2 is 1.94 bits per heavy atom. The lowest BCUT2D eigenvalue weighted by Gasteiger charge is -2.19. The van der Waals surface area contributed by atoms with E-state index in [9.17, 15) is 14.9 Å². The van der Waals surface area contributed by atoms with E-state index in [0.717, 1.165) is 24.3 Å². The molecule has 0 saturated heterocycles. The number of amides is 1. The van der Waals surface area contributed by atoms with Gasteiger partial charge in [-0.05, 0) is 12.1 Å². The summed E-state index contributed by atoms with van der Waals surface area (Å²) in [6.45, 7) is 0. The van der Waals surface area contributed by atoms with Gasteiger partial charge in [0.05, 0.1) is 4.92 Å². The van der Waals surface area contributed by atoms with Crippen LogP contribution in [0.1, 0.15) is 0 Å². The number of nitrogens with zero attached hydrogens (tertiary/aromatic N) is 1. The molecule has 92 valence electrons. The molecule has 0 bridgehead atoms. The Bertz CT molecular complexity index is 429. The highest BCUT2D eigenvalue weighted by Gasteiger charge is 2.36. The number of carbonyl (C=O) groups excluding carboxylic acids is 1. The second-order valence-electron chi connectivity index (χ2n) is 2.93. The summed E-state index contributed by atoms with van der Waals surface area (Å²) in [4.78, 5) is 20.5. The van der Waals surface area contributed by atoms with Crippen molar-refractivity contribution >= 4 is 11.6 Å². The molecule has 0 unspecified atom stereocenters. The first-order valence-corrected chi connectivity index (χ1v) is 4.26. The number of benzene rings is 1. The maximum absolute atomic E-state index is 10.8. The highest BCUT2D eigenvalue weighted by atomic mass is 16.8. The third-order valence-electron chi connectivity index (χ3n) is 1.73. The van der Waals surface area contributed by atoms with Crippen molar-refractivity contribution in [1.82, 2.24) is 5.43 Å². The van der Waals surface area contributed by atoms with Crippen LogP contribution in [0, 0.1) is 10.1 Å². The lowest BCUT2D eigenvalue weighted by atomic mass is 10.3. The largest absolute Gasteiger partial charge is 0.432 e. The Hall–Kier alpha value is -2.23. The van der Waals surface area contributed by atoms with Gasteiger partial charge in [0.15, 0.2) is 0 Å². The van der Waals surface area contributed by atoms with Crippen molar-refractivity contribution in [1.29, 1.82) is 0 Å². The molecule has 0 aliphatic carbocycles. The average molecular weight is 243 g/mol. The smallest absolute Gasteiger partial charge is 0.408 e. The zero-order valence-corrected chi connectivity index (χ0v) is 8.36. The zero-order valence-electron chi connectivity index (χ0n) is 8.36. The summed E-state index contributed by atoms with van der Waals surface area (Å²) in [5, 5.41) is 28.6. The molecule has 0 aliphatic rings. The van der Waals surface area contributed by atoms with Crippen LogP contribution < -0.4 is 16.0 Å². The molecule has 0 radical (unpaired) electrons. The van der Waals surface area contributed by atoms with E-state index in [1.165, 1.54) is 5.43 Å². The lowest BCUT2D eigenvalue weighted by Crippen LogP contribution is -2.53. The number of hydrazine groups is 1. The molecule has 0 saturated carbocycles. The Morgan fingerprint density at radius 3 is 2.35 bits per heavy atom. The molecule has 0 aromatic heterocycles. The molecular formula is C8H9N3O6. The van der Waals surface area contributed by atoms with Crippen molar-refractivity contribution in [2.75, 3.05) is 0 Å². The molecule has 17 heavy (non-hydrogen) atoms. The van der Waals surface area contributed by atoms with Crippen LogP contribution in [0.4, 0.5) is 5.69 Å². The molecule has 1 amide bonds. The van der Waals surface area contributed by atoms with Gasteiger partial charge in [-0.25, -0.2) is 5.84 Å². The fourth-order valence-corrected chi connectivity index (χ4v) is 0.941. The molecule has 5 N–H and O–H groups in total. The number of nitrogens with one attached hydrogen (secondary N) is 1. The van der Waals surface area contributed by atoms with Gasteiger partial charge >= 0.3 is 11.9 Å². The van der Waals surface area contributed by atoms with Gasteiger partial charge in [-0.1, -0.05) is 0 Å². The molecule has 0 atom stereocenters. The molecule has 9 nitrogen and oxygen atoms in total.